The predicted molar refractivity (Wildman–Crippen MR) is 70.2 cm³/mol. The fraction of sp³-hybridized carbons (Fsp3) is 0.385. The van der Waals surface area contributed by atoms with Crippen LogP contribution in [-0.4, -0.2) is 35.9 Å². The van der Waals surface area contributed by atoms with Gasteiger partial charge in [-0.1, -0.05) is 18.2 Å². The van der Waals surface area contributed by atoms with Crippen molar-refractivity contribution in [1.82, 2.24) is 9.88 Å². The Morgan fingerprint density at radius 1 is 1.25 bits per heavy atom. The number of likely N-dealkylation sites (N-methyl/N-ethyl adjacent to an activating group) is 1. The molecule has 0 spiro atoms. The van der Waals surface area contributed by atoms with Crippen molar-refractivity contribution in [3.05, 3.63) is 36.0 Å². The number of para-hydroxylation sites is 1. The Hall–Kier alpha value is -0.990. The molecule has 2 rings (SSSR count). The van der Waals surface area contributed by atoms with Crippen molar-refractivity contribution < 1.29 is 0 Å². The van der Waals surface area contributed by atoms with Gasteiger partial charge in [0.25, 0.3) is 0 Å². The van der Waals surface area contributed by atoms with E-state index >= 15 is 0 Å². The quantitative estimate of drug-likeness (QED) is 0.791. The number of hydrogen-bond acceptors (Lipinski definition) is 1. The van der Waals surface area contributed by atoms with Crippen LogP contribution in [0.25, 0.3) is 10.9 Å². The maximum atomic E-state index is 5.70. The minimum absolute atomic E-state index is 0.699. The number of nitrogens with one attached hydrogen (secondary N) is 1. The molecule has 3 heteroatoms. The van der Waals surface area contributed by atoms with E-state index in [0.717, 1.165) is 19.5 Å². The first kappa shape index (κ1) is 11.5. The van der Waals surface area contributed by atoms with Crippen molar-refractivity contribution in [1.29, 1.82) is 0 Å². The summed E-state index contributed by atoms with van der Waals surface area (Å²) >= 11 is 5.70. The highest BCUT2D eigenvalue weighted by Crippen LogP contribution is 2.18. The van der Waals surface area contributed by atoms with Gasteiger partial charge in [0, 0.05) is 36.1 Å². The number of alkyl halides is 1. The molecule has 0 saturated carbocycles. The second kappa shape index (κ2) is 5.37. The molecule has 0 atom stereocenters. The molecule has 0 amide bonds. The molecular weight excluding hydrogens is 220 g/mol. The van der Waals surface area contributed by atoms with E-state index in [2.05, 4.69) is 47.4 Å². The van der Waals surface area contributed by atoms with E-state index in [9.17, 15) is 0 Å². The van der Waals surface area contributed by atoms with Crippen LogP contribution in [0.15, 0.2) is 30.5 Å². The van der Waals surface area contributed by atoms with Gasteiger partial charge in [-0.05, 0) is 25.1 Å². The van der Waals surface area contributed by atoms with Gasteiger partial charge in [-0.3, -0.25) is 0 Å². The summed E-state index contributed by atoms with van der Waals surface area (Å²) in [7, 11) is 2.11. The van der Waals surface area contributed by atoms with E-state index in [1.54, 1.807) is 0 Å². The molecule has 0 radical (unpaired) electrons. The number of aromatic amines is 1. The molecule has 0 bridgehead atoms. The highest BCUT2D eigenvalue weighted by Gasteiger charge is 2.04. The molecule has 1 N–H and O–H groups in total. The van der Waals surface area contributed by atoms with E-state index in [1.807, 2.05) is 0 Å². The minimum Gasteiger partial charge on any atom is -0.361 e. The van der Waals surface area contributed by atoms with Gasteiger partial charge < -0.3 is 9.88 Å². The summed E-state index contributed by atoms with van der Waals surface area (Å²) in [4.78, 5) is 5.56. The molecule has 1 aromatic carbocycles. The second-order valence-electron chi connectivity index (χ2n) is 4.10. The fourth-order valence-electron chi connectivity index (χ4n) is 1.91. The molecular formula is C13H17ClN2. The van der Waals surface area contributed by atoms with Crippen LogP contribution in [0, 0.1) is 0 Å². The summed E-state index contributed by atoms with van der Waals surface area (Å²) < 4.78 is 0. The van der Waals surface area contributed by atoms with Gasteiger partial charge in [0.1, 0.15) is 0 Å². The first-order valence-electron chi connectivity index (χ1n) is 5.61. The average Bonchev–Trinajstić information content (AvgIpc) is 2.70. The van der Waals surface area contributed by atoms with E-state index in [0.29, 0.717) is 5.88 Å². The molecule has 0 aliphatic rings. The molecule has 0 aliphatic heterocycles. The Morgan fingerprint density at radius 3 is 2.88 bits per heavy atom. The Bertz CT molecular complexity index is 450. The van der Waals surface area contributed by atoms with Crippen LogP contribution in [0.1, 0.15) is 5.56 Å². The molecule has 2 aromatic rings. The number of aromatic nitrogens is 1. The van der Waals surface area contributed by atoms with Crippen LogP contribution < -0.4 is 0 Å². The Kier molecular flexibility index (Phi) is 3.86. The third-order valence-electron chi connectivity index (χ3n) is 2.90. The summed E-state index contributed by atoms with van der Waals surface area (Å²) in [6.07, 6.45) is 3.18. The van der Waals surface area contributed by atoms with Gasteiger partial charge >= 0.3 is 0 Å². The van der Waals surface area contributed by atoms with Crippen LogP contribution in [0.2, 0.25) is 0 Å². The van der Waals surface area contributed by atoms with E-state index < -0.39 is 0 Å². The van der Waals surface area contributed by atoms with Crippen molar-refractivity contribution in [2.75, 3.05) is 26.0 Å². The molecule has 86 valence electrons. The zero-order valence-electron chi connectivity index (χ0n) is 9.54. The van der Waals surface area contributed by atoms with Gasteiger partial charge in [0.05, 0.1) is 0 Å². The van der Waals surface area contributed by atoms with Crippen LogP contribution in [0.3, 0.4) is 0 Å². The SMILES string of the molecule is CN(CCCl)CCc1c[nH]c2ccccc12. The molecule has 1 aromatic heterocycles. The van der Waals surface area contributed by atoms with Gasteiger partial charge in [0.2, 0.25) is 0 Å². The summed E-state index contributed by atoms with van der Waals surface area (Å²) in [5, 5.41) is 1.33. The normalized spacial score (nSPS) is 11.4. The van der Waals surface area contributed by atoms with Gasteiger partial charge in [-0.15, -0.1) is 11.6 Å². The highest BCUT2D eigenvalue weighted by atomic mass is 35.5. The van der Waals surface area contributed by atoms with E-state index in [1.165, 1.54) is 16.5 Å². The maximum Gasteiger partial charge on any atom is 0.0456 e. The number of rotatable bonds is 5. The number of nitrogens with zero attached hydrogens (tertiary/aromatic N) is 1. The zero-order valence-corrected chi connectivity index (χ0v) is 10.3. The lowest BCUT2D eigenvalue weighted by molar-refractivity contribution is 0.360. The first-order chi connectivity index (χ1) is 7.81. The van der Waals surface area contributed by atoms with Crippen molar-refractivity contribution in [2.24, 2.45) is 0 Å². The first-order valence-corrected chi connectivity index (χ1v) is 6.14. The van der Waals surface area contributed by atoms with E-state index in [-0.39, 0.29) is 0 Å². The fourth-order valence-corrected chi connectivity index (χ4v) is 2.19. The number of benzene rings is 1. The lowest BCUT2D eigenvalue weighted by Gasteiger charge is -2.13. The summed E-state index contributed by atoms with van der Waals surface area (Å²) in [5.41, 5.74) is 2.61. The molecule has 0 fully saturated rings. The smallest absolute Gasteiger partial charge is 0.0456 e. The molecule has 1 heterocycles. The van der Waals surface area contributed by atoms with Gasteiger partial charge in [-0.2, -0.15) is 0 Å². The number of H-pyrrole nitrogens is 1. The third-order valence-corrected chi connectivity index (χ3v) is 3.07. The van der Waals surface area contributed by atoms with Crippen molar-refractivity contribution in [2.45, 2.75) is 6.42 Å². The Morgan fingerprint density at radius 2 is 2.06 bits per heavy atom. The summed E-state index contributed by atoms with van der Waals surface area (Å²) in [6, 6.07) is 8.43. The predicted octanol–water partition coefficient (Wildman–Crippen LogP) is 2.88. The number of fused-ring (bicyclic) bond motifs is 1. The molecule has 0 saturated heterocycles. The van der Waals surface area contributed by atoms with Gasteiger partial charge in [0.15, 0.2) is 0 Å². The summed E-state index contributed by atoms with van der Waals surface area (Å²) in [5.74, 6) is 0.699. The Balaban J connectivity index is 2.04. The largest absolute Gasteiger partial charge is 0.361 e. The molecule has 2 nitrogen and oxygen atoms in total. The standard InChI is InChI=1S/C13H17ClN2/c1-16(9-7-14)8-6-11-10-15-13-5-3-2-4-12(11)13/h2-5,10,15H,6-9H2,1H3. The monoisotopic (exact) mass is 236 g/mol. The highest BCUT2D eigenvalue weighted by molar-refractivity contribution is 6.18. The topological polar surface area (TPSA) is 19.0 Å². The van der Waals surface area contributed by atoms with Crippen LogP contribution in [-0.2, 0) is 6.42 Å². The van der Waals surface area contributed by atoms with Crippen LogP contribution in [0.5, 0.6) is 0 Å². The van der Waals surface area contributed by atoms with Crippen molar-refractivity contribution in [3.8, 4) is 0 Å². The molecule has 0 aliphatic carbocycles. The summed E-state index contributed by atoms with van der Waals surface area (Å²) in [6.45, 7) is 2.00. The van der Waals surface area contributed by atoms with Crippen molar-refractivity contribution >= 4 is 22.5 Å². The maximum absolute atomic E-state index is 5.70. The second-order valence-corrected chi connectivity index (χ2v) is 4.48. The molecule has 16 heavy (non-hydrogen) atoms. The Labute approximate surface area is 101 Å². The minimum atomic E-state index is 0.699. The average molecular weight is 237 g/mol. The number of halogens is 1. The lowest BCUT2D eigenvalue weighted by Crippen LogP contribution is -2.23. The van der Waals surface area contributed by atoms with Crippen LogP contribution in [0.4, 0.5) is 0 Å². The zero-order chi connectivity index (χ0) is 11.4. The lowest BCUT2D eigenvalue weighted by atomic mass is 10.1. The van der Waals surface area contributed by atoms with Crippen LogP contribution >= 0.6 is 11.6 Å². The van der Waals surface area contributed by atoms with E-state index in [4.69, 9.17) is 11.6 Å². The molecule has 0 unspecified atom stereocenters. The number of hydrogen-bond donors (Lipinski definition) is 1. The van der Waals surface area contributed by atoms with Gasteiger partial charge in [-0.25, -0.2) is 0 Å². The van der Waals surface area contributed by atoms with Crippen molar-refractivity contribution in [3.63, 3.8) is 0 Å². The third kappa shape index (κ3) is 2.57.